The Morgan fingerprint density at radius 1 is 0.944 bits per heavy atom. The minimum absolute atomic E-state index is 0.197. The van der Waals surface area contributed by atoms with Crippen molar-refractivity contribution in [3.63, 3.8) is 0 Å². The zero-order valence-corrected chi connectivity index (χ0v) is 11.8. The van der Waals surface area contributed by atoms with Gasteiger partial charge < -0.3 is 10.6 Å². The van der Waals surface area contributed by atoms with Gasteiger partial charge in [-0.1, -0.05) is 24.3 Å². The molecular formula is C12H18N4S2. The highest BCUT2D eigenvalue weighted by Gasteiger charge is 1.97. The molecule has 0 saturated heterocycles. The van der Waals surface area contributed by atoms with E-state index in [9.17, 15) is 0 Å². The van der Waals surface area contributed by atoms with Crippen LogP contribution in [0.2, 0.25) is 0 Å². The lowest BCUT2D eigenvalue weighted by Gasteiger charge is -2.07. The smallest absolute Gasteiger partial charge is 0.150 e. The van der Waals surface area contributed by atoms with Crippen molar-refractivity contribution in [3.8, 4) is 0 Å². The van der Waals surface area contributed by atoms with Crippen LogP contribution in [-0.2, 0) is 12.8 Å². The topological polar surface area (TPSA) is 71.8 Å². The maximum atomic E-state index is 7.15. The quantitative estimate of drug-likeness (QED) is 0.273. The SMILES string of the molecule is N=C(S)NCCc1cccc(CCNC(=N)S)c1. The second-order valence-corrected chi connectivity index (χ2v) is 4.77. The number of thiol groups is 2. The first-order valence-electron chi connectivity index (χ1n) is 5.68. The van der Waals surface area contributed by atoms with Gasteiger partial charge in [0.05, 0.1) is 0 Å². The zero-order chi connectivity index (χ0) is 13.4. The number of hydrogen-bond acceptors (Lipinski definition) is 2. The molecule has 6 heteroatoms. The molecule has 0 saturated carbocycles. The van der Waals surface area contributed by atoms with Gasteiger partial charge >= 0.3 is 0 Å². The van der Waals surface area contributed by atoms with Crippen molar-refractivity contribution < 1.29 is 0 Å². The average molecular weight is 282 g/mol. The largest absolute Gasteiger partial charge is 0.365 e. The standard InChI is InChI=1S/C12H18N4S2/c13-11(17)15-6-4-9-2-1-3-10(8-9)5-7-16-12(14)18/h1-3,8H,4-7H2,(H3,13,15,17)(H3,14,16,18). The molecular weight excluding hydrogens is 264 g/mol. The number of benzene rings is 1. The van der Waals surface area contributed by atoms with Crippen LogP contribution in [0.1, 0.15) is 11.1 Å². The summed E-state index contributed by atoms with van der Waals surface area (Å²) in [6.45, 7) is 1.43. The minimum Gasteiger partial charge on any atom is -0.365 e. The lowest BCUT2D eigenvalue weighted by atomic mass is 10.1. The Balaban J connectivity index is 2.41. The summed E-state index contributed by atoms with van der Waals surface area (Å²) in [5.74, 6) is 0. The van der Waals surface area contributed by atoms with Crippen LogP contribution >= 0.6 is 25.3 Å². The molecule has 0 aliphatic carbocycles. The molecule has 4 nitrogen and oxygen atoms in total. The molecule has 0 unspecified atom stereocenters. The summed E-state index contributed by atoms with van der Waals surface area (Å²) in [7, 11) is 0. The van der Waals surface area contributed by atoms with E-state index in [0.717, 1.165) is 12.8 Å². The van der Waals surface area contributed by atoms with E-state index in [0.29, 0.717) is 13.1 Å². The molecule has 0 heterocycles. The van der Waals surface area contributed by atoms with Crippen LogP contribution in [0.4, 0.5) is 0 Å². The van der Waals surface area contributed by atoms with Crippen LogP contribution in [0.5, 0.6) is 0 Å². The molecule has 0 fully saturated rings. The molecule has 18 heavy (non-hydrogen) atoms. The summed E-state index contributed by atoms with van der Waals surface area (Å²) in [4.78, 5) is 0. The van der Waals surface area contributed by atoms with Gasteiger partial charge in [0.25, 0.3) is 0 Å². The molecule has 0 radical (unpaired) electrons. The Morgan fingerprint density at radius 3 is 1.78 bits per heavy atom. The first-order chi connectivity index (χ1) is 8.58. The summed E-state index contributed by atoms with van der Waals surface area (Å²) in [5, 5.41) is 20.4. The van der Waals surface area contributed by atoms with Crippen molar-refractivity contribution in [2.24, 2.45) is 0 Å². The summed E-state index contributed by atoms with van der Waals surface area (Å²) in [5.41, 5.74) is 2.46. The third kappa shape index (κ3) is 6.56. The molecule has 0 aromatic heterocycles. The summed E-state index contributed by atoms with van der Waals surface area (Å²) in [6, 6.07) is 8.32. The molecule has 0 atom stereocenters. The molecule has 0 bridgehead atoms. The molecule has 1 rings (SSSR count). The average Bonchev–Trinajstić information content (AvgIpc) is 2.28. The number of nitrogens with one attached hydrogen (secondary N) is 4. The Morgan fingerprint density at radius 2 is 1.39 bits per heavy atom. The molecule has 0 aliphatic heterocycles. The zero-order valence-electron chi connectivity index (χ0n) is 10.0. The van der Waals surface area contributed by atoms with Crippen LogP contribution in [0.15, 0.2) is 24.3 Å². The van der Waals surface area contributed by atoms with E-state index in [1.165, 1.54) is 11.1 Å². The van der Waals surface area contributed by atoms with Gasteiger partial charge in [-0.3, -0.25) is 10.8 Å². The van der Waals surface area contributed by atoms with Crippen LogP contribution in [0, 0.1) is 10.8 Å². The second-order valence-electron chi connectivity index (χ2n) is 3.87. The van der Waals surface area contributed by atoms with Gasteiger partial charge in [-0.05, 0) is 24.0 Å². The fourth-order valence-electron chi connectivity index (χ4n) is 1.59. The van der Waals surface area contributed by atoms with Crippen molar-refractivity contribution >= 4 is 35.6 Å². The molecule has 0 aliphatic rings. The molecule has 4 N–H and O–H groups in total. The molecule has 1 aromatic rings. The van der Waals surface area contributed by atoms with Gasteiger partial charge in [0.2, 0.25) is 0 Å². The van der Waals surface area contributed by atoms with E-state index in [-0.39, 0.29) is 10.3 Å². The monoisotopic (exact) mass is 282 g/mol. The number of rotatable bonds is 6. The van der Waals surface area contributed by atoms with E-state index in [1.54, 1.807) is 0 Å². The van der Waals surface area contributed by atoms with Gasteiger partial charge in [0.15, 0.2) is 10.3 Å². The molecule has 1 aromatic carbocycles. The van der Waals surface area contributed by atoms with Gasteiger partial charge in [0.1, 0.15) is 0 Å². The first-order valence-corrected chi connectivity index (χ1v) is 6.58. The van der Waals surface area contributed by atoms with Crippen LogP contribution in [-0.4, -0.2) is 23.4 Å². The summed E-state index contributed by atoms with van der Waals surface area (Å²) >= 11 is 7.73. The molecule has 0 amide bonds. The van der Waals surface area contributed by atoms with E-state index >= 15 is 0 Å². The van der Waals surface area contributed by atoms with Crippen molar-refractivity contribution in [1.29, 1.82) is 10.8 Å². The maximum absolute atomic E-state index is 7.15. The first kappa shape index (κ1) is 14.9. The minimum atomic E-state index is 0.197. The predicted molar refractivity (Wildman–Crippen MR) is 83.3 cm³/mol. The maximum Gasteiger partial charge on any atom is 0.150 e. The number of amidine groups is 2. The number of hydrogen-bond donors (Lipinski definition) is 6. The van der Waals surface area contributed by atoms with E-state index in [4.69, 9.17) is 10.8 Å². The van der Waals surface area contributed by atoms with Crippen molar-refractivity contribution in [1.82, 2.24) is 10.6 Å². The van der Waals surface area contributed by atoms with Crippen LogP contribution < -0.4 is 10.6 Å². The lowest BCUT2D eigenvalue weighted by molar-refractivity contribution is 0.854. The van der Waals surface area contributed by atoms with Crippen LogP contribution in [0.3, 0.4) is 0 Å². The van der Waals surface area contributed by atoms with Crippen LogP contribution in [0.25, 0.3) is 0 Å². The highest BCUT2D eigenvalue weighted by molar-refractivity contribution is 7.96. The van der Waals surface area contributed by atoms with Crippen molar-refractivity contribution in [3.05, 3.63) is 35.4 Å². The lowest BCUT2D eigenvalue weighted by Crippen LogP contribution is -2.21. The predicted octanol–water partition coefficient (Wildman–Crippen LogP) is 1.68. The summed E-state index contributed by atoms with van der Waals surface area (Å²) < 4.78 is 0. The third-order valence-electron chi connectivity index (χ3n) is 2.40. The normalized spacial score (nSPS) is 9.89. The van der Waals surface area contributed by atoms with E-state index < -0.39 is 0 Å². The van der Waals surface area contributed by atoms with E-state index in [1.807, 2.05) is 6.07 Å². The van der Waals surface area contributed by atoms with Gasteiger partial charge in [0, 0.05) is 13.1 Å². The highest BCUT2D eigenvalue weighted by atomic mass is 32.1. The molecule has 0 spiro atoms. The Kier molecular flexibility index (Phi) is 6.67. The van der Waals surface area contributed by atoms with Gasteiger partial charge in [-0.25, -0.2) is 0 Å². The fraction of sp³-hybridized carbons (Fsp3) is 0.333. The fourth-order valence-corrected chi connectivity index (χ4v) is 1.81. The Bertz CT molecular complexity index is 385. The Labute approximate surface area is 118 Å². The summed E-state index contributed by atoms with van der Waals surface area (Å²) in [6.07, 6.45) is 1.74. The van der Waals surface area contributed by atoms with Crippen molar-refractivity contribution in [2.45, 2.75) is 12.8 Å². The van der Waals surface area contributed by atoms with E-state index in [2.05, 4.69) is 54.1 Å². The molecule has 98 valence electrons. The van der Waals surface area contributed by atoms with Crippen molar-refractivity contribution in [2.75, 3.05) is 13.1 Å². The third-order valence-corrected chi connectivity index (χ3v) is 2.72. The second kappa shape index (κ2) is 8.05. The Hall–Kier alpha value is -1.14. The van der Waals surface area contributed by atoms with Gasteiger partial charge in [-0.15, -0.1) is 25.3 Å². The highest BCUT2D eigenvalue weighted by Crippen LogP contribution is 2.06. The van der Waals surface area contributed by atoms with Gasteiger partial charge in [-0.2, -0.15) is 0 Å².